The molecule has 0 bridgehead atoms. The van der Waals surface area contributed by atoms with Gasteiger partial charge in [0.25, 0.3) is 0 Å². The van der Waals surface area contributed by atoms with Gasteiger partial charge in [-0.1, -0.05) is 23.8 Å². The molecular formula is C14H21N. The van der Waals surface area contributed by atoms with Crippen LogP contribution in [0.3, 0.4) is 0 Å². The number of rotatable bonds is 3. The number of hydrogen-bond acceptors (Lipinski definition) is 1. The van der Waals surface area contributed by atoms with Gasteiger partial charge in [0, 0.05) is 0 Å². The van der Waals surface area contributed by atoms with Gasteiger partial charge in [-0.15, -0.1) is 0 Å². The molecule has 0 heterocycles. The van der Waals surface area contributed by atoms with Crippen molar-refractivity contribution in [1.29, 1.82) is 0 Å². The van der Waals surface area contributed by atoms with Crippen molar-refractivity contribution in [2.75, 3.05) is 6.54 Å². The van der Waals surface area contributed by atoms with Gasteiger partial charge in [-0.2, -0.15) is 0 Å². The van der Waals surface area contributed by atoms with Gasteiger partial charge >= 0.3 is 0 Å². The minimum Gasteiger partial charge on any atom is -0.330 e. The molecule has 15 heavy (non-hydrogen) atoms. The van der Waals surface area contributed by atoms with Gasteiger partial charge in [0.1, 0.15) is 0 Å². The third-order valence-corrected chi connectivity index (χ3v) is 2.69. The van der Waals surface area contributed by atoms with E-state index in [0.717, 1.165) is 13.0 Å². The molecule has 2 N–H and O–H groups in total. The lowest BCUT2D eigenvalue weighted by molar-refractivity contribution is 1.01. The largest absolute Gasteiger partial charge is 0.330 e. The fourth-order valence-corrected chi connectivity index (χ4v) is 2.20. The molecule has 0 fully saturated rings. The molecule has 82 valence electrons. The quantitative estimate of drug-likeness (QED) is 0.801. The average Bonchev–Trinajstić information content (AvgIpc) is 2.12. The van der Waals surface area contributed by atoms with E-state index in [1.807, 2.05) is 0 Å². The second kappa shape index (κ2) is 5.13. The number of aryl methyl sites for hydroxylation is 3. The van der Waals surface area contributed by atoms with Crippen molar-refractivity contribution in [2.45, 2.75) is 34.1 Å². The topological polar surface area (TPSA) is 26.0 Å². The van der Waals surface area contributed by atoms with Crippen LogP contribution in [0.1, 0.15) is 35.6 Å². The van der Waals surface area contributed by atoms with Crippen LogP contribution in [-0.4, -0.2) is 6.54 Å². The second-order valence-electron chi connectivity index (χ2n) is 4.24. The van der Waals surface area contributed by atoms with Crippen LogP contribution in [0.5, 0.6) is 0 Å². The highest BCUT2D eigenvalue weighted by Gasteiger charge is 2.04. The summed E-state index contributed by atoms with van der Waals surface area (Å²) < 4.78 is 0. The SMILES string of the molecule is C/C(=C\CCN)c1c(C)cc(C)cc1C. The highest BCUT2D eigenvalue weighted by molar-refractivity contribution is 5.69. The van der Waals surface area contributed by atoms with Crippen molar-refractivity contribution in [1.82, 2.24) is 0 Å². The molecule has 0 radical (unpaired) electrons. The summed E-state index contributed by atoms with van der Waals surface area (Å²) in [5.41, 5.74) is 12.3. The monoisotopic (exact) mass is 203 g/mol. The molecule has 1 heteroatoms. The highest BCUT2D eigenvalue weighted by Crippen LogP contribution is 2.24. The minimum atomic E-state index is 0.724. The zero-order valence-corrected chi connectivity index (χ0v) is 10.2. The van der Waals surface area contributed by atoms with Crippen LogP contribution in [0.4, 0.5) is 0 Å². The second-order valence-corrected chi connectivity index (χ2v) is 4.24. The van der Waals surface area contributed by atoms with Crippen LogP contribution in [0.15, 0.2) is 18.2 Å². The third kappa shape index (κ3) is 2.93. The standard InChI is InChI=1S/C14H21N/c1-10-8-12(3)14(13(4)9-10)11(2)6-5-7-15/h6,8-9H,5,7,15H2,1-4H3/b11-6+. The van der Waals surface area contributed by atoms with E-state index in [1.165, 1.54) is 27.8 Å². The maximum absolute atomic E-state index is 5.51. The summed E-state index contributed by atoms with van der Waals surface area (Å²) in [6.45, 7) is 9.38. The summed E-state index contributed by atoms with van der Waals surface area (Å²) in [7, 11) is 0. The van der Waals surface area contributed by atoms with E-state index in [-0.39, 0.29) is 0 Å². The lowest BCUT2D eigenvalue weighted by atomic mass is 9.94. The maximum atomic E-state index is 5.51. The molecule has 1 aromatic carbocycles. The maximum Gasteiger partial charge on any atom is -0.00424 e. The Hall–Kier alpha value is -1.08. The first kappa shape index (κ1) is 12.0. The van der Waals surface area contributed by atoms with Crippen molar-refractivity contribution >= 4 is 5.57 Å². The number of allylic oxidation sites excluding steroid dienone is 1. The van der Waals surface area contributed by atoms with Gasteiger partial charge in [0.2, 0.25) is 0 Å². The number of hydrogen-bond donors (Lipinski definition) is 1. The zero-order chi connectivity index (χ0) is 11.4. The van der Waals surface area contributed by atoms with E-state index in [4.69, 9.17) is 5.73 Å². The molecule has 0 aliphatic carbocycles. The number of benzene rings is 1. The number of nitrogens with two attached hydrogens (primary N) is 1. The molecule has 0 spiro atoms. The first-order chi connectivity index (χ1) is 7.06. The van der Waals surface area contributed by atoms with Crippen molar-refractivity contribution in [2.24, 2.45) is 5.73 Å². The van der Waals surface area contributed by atoms with Crippen LogP contribution in [0, 0.1) is 20.8 Å². The molecule has 0 aliphatic rings. The van der Waals surface area contributed by atoms with Crippen molar-refractivity contribution in [3.05, 3.63) is 40.5 Å². The van der Waals surface area contributed by atoms with Crippen LogP contribution < -0.4 is 5.73 Å². The molecule has 1 rings (SSSR count). The summed E-state index contributed by atoms with van der Waals surface area (Å²) in [5.74, 6) is 0. The molecule has 0 saturated carbocycles. The van der Waals surface area contributed by atoms with Crippen LogP contribution in [0.25, 0.3) is 5.57 Å². The van der Waals surface area contributed by atoms with Crippen molar-refractivity contribution in [3.63, 3.8) is 0 Å². The van der Waals surface area contributed by atoms with E-state index >= 15 is 0 Å². The summed E-state index contributed by atoms with van der Waals surface area (Å²) >= 11 is 0. The predicted molar refractivity (Wildman–Crippen MR) is 68.0 cm³/mol. The Kier molecular flexibility index (Phi) is 4.10. The Bertz CT molecular complexity index is 352. The van der Waals surface area contributed by atoms with E-state index < -0.39 is 0 Å². The van der Waals surface area contributed by atoms with Gasteiger partial charge in [-0.05, 0) is 62.9 Å². The van der Waals surface area contributed by atoms with Crippen LogP contribution in [-0.2, 0) is 0 Å². The minimum absolute atomic E-state index is 0.724. The van der Waals surface area contributed by atoms with Crippen LogP contribution >= 0.6 is 0 Å². The van der Waals surface area contributed by atoms with Crippen molar-refractivity contribution in [3.8, 4) is 0 Å². The van der Waals surface area contributed by atoms with Gasteiger partial charge < -0.3 is 5.73 Å². The van der Waals surface area contributed by atoms with Gasteiger partial charge in [0.05, 0.1) is 0 Å². The summed E-state index contributed by atoms with van der Waals surface area (Å²) in [5, 5.41) is 0. The molecular weight excluding hydrogens is 182 g/mol. The first-order valence-electron chi connectivity index (χ1n) is 5.51. The van der Waals surface area contributed by atoms with Gasteiger partial charge in [-0.25, -0.2) is 0 Å². The van der Waals surface area contributed by atoms with Crippen LogP contribution in [0.2, 0.25) is 0 Å². The van der Waals surface area contributed by atoms with E-state index in [2.05, 4.69) is 45.9 Å². The Balaban J connectivity index is 3.14. The lowest BCUT2D eigenvalue weighted by Crippen LogP contribution is -1.97. The smallest absolute Gasteiger partial charge is 0.00424 e. The normalized spacial score (nSPS) is 11.9. The van der Waals surface area contributed by atoms with Gasteiger partial charge in [0.15, 0.2) is 0 Å². The summed E-state index contributed by atoms with van der Waals surface area (Å²) in [6, 6.07) is 4.48. The summed E-state index contributed by atoms with van der Waals surface area (Å²) in [4.78, 5) is 0. The molecule has 0 aromatic heterocycles. The van der Waals surface area contributed by atoms with E-state index in [1.54, 1.807) is 0 Å². The predicted octanol–water partition coefficient (Wildman–Crippen LogP) is 3.36. The molecule has 1 nitrogen and oxygen atoms in total. The fraction of sp³-hybridized carbons (Fsp3) is 0.429. The van der Waals surface area contributed by atoms with Crippen molar-refractivity contribution < 1.29 is 0 Å². The van der Waals surface area contributed by atoms with E-state index in [0.29, 0.717) is 0 Å². The molecule has 0 atom stereocenters. The Morgan fingerprint density at radius 1 is 1.20 bits per heavy atom. The fourth-order valence-electron chi connectivity index (χ4n) is 2.20. The Morgan fingerprint density at radius 3 is 2.20 bits per heavy atom. The average molecular weight is 203 g/mol. The third-order valence-electron chi connectivity index (χ3n) is 2.69. The molecule has 1 aromatic rings. The lowest BCUT2D eigenvalue weighted by Gasteiger charge is -2.11. The Morgan fingerprint density at radius 2 is 1.73 bits per heavy atom. The zero-order valence-electron chi connectivity index (χ0n) is 10.2. The molecule has 0 amide bonds. The Labute approximate surface area is 93.0 Å². The van der Waals surface area contributed by atoms with Gasteiger partial charge in [-0.3, -0.25) is 0 Å². The van der Waals surface area contributed by atoms with E-state index in [9.17, 15) is 0 Å². The molecule has 0 aliphatic heterocycles. The highest BCUT2D eigenvalue weighted by atomic mass is 14.5. The summed E-state index contributed by atoms with van der Waals surface area (Å²) in [6.07, 6.45) is 3.18. The molecule has 0 saturated heterocycles. The molecule has 0 unspecified atom stereocenters. The first-order valence-corrected chi connectivity index (χ1v) is 5.51.